The minimum atomic E-state index is -0.960. The molecule has 8 nitrogen and oxygen atoms in total. The quantitative estimate of drug-likeness (QED) is 0.796. The van der Waals surface area contributed by atoms with E-state index >= 15 is 0 Å². The van der Waals surface area contributed by atoms with E-state index in [1.807, 2.05) is 0 Å². The molecule has 110 valence electrons. The van der Waals surface area contributed by atoms with Crippen molar-refractivity contribution in [1.29, 1.82) is 0 Å². The molecule has 0 unspecified atom stereocenters. The number of hydrogen-bond acceptors (Lipinski definition) is 7. The van der Waals surface area contributed by atoms with Crippen LogP contribution in [0.2, 0.25) is 0 Å². The predicted molar refractivity (Wildman–Crippen MR) is 70.7 cm³/mol. The van der Waals surface area contributed by atoms with E-state index in [9.17, 15) is 4.79 Å². The minimum Gasteiger partial charge on any atom is -0.481 e. The molecule has 1 saturated heterocycles. The van der Waals surface area contributed by atoms with Gasteiger partial charge in [-0.2, -0.15) is 9.97 Å². The molecule has 1 aromatic rings. The highest BCUT2D eigenvalue weighted by molar-refractivity contribution is 5.96. The second kappa shape index (κ2) is 6.02. The number of methoxy groups -OCH3 is 2. The Kier molecular flexibility index (Phi) is 4.35. The first kappa shape index (κ1) is 14.5. The summed E-state index contributed by atoms with van der Waals surface area (Å²) in [6.07, 6.45) is 0.917. The zero-order valence-electron chi connectivity index (χ0n) is 11.5. The molecule has 1 aliphatic rings. The van der Waals surface area contributed by atoms with Gasteiger partial charge in [0.05, 0.1) is 20.3 Å². The molecule has 2 rings (SSSR count). The number of rotatable bonds is 4. The molecule has 1 aliphatic heterocycles. The van der Waals surface area contributed by atoms with Crippen LogP contribution >= 0.6 is 0 Å². The maximum absolute atomic E-state index is 12.2. The third-order valence-electron chi connectivity index (χ3n) is 3.16. The topological polar surface area (TPSA) is 109 Å². The van der Waals surface area contributed by atoms with Crippen LogP contribution in [-0.4, -0.2) is 48.8 Å². The molecule has 0 radical (unpaired) electrons. The zero-order valence-corrected chi connectivity index (χ0v) is 11.5. The summed E-state index contributed by atoms with van der Waals surface area (Å²) < 4.78 is 15.2. The lowest BCUT2D eigenvalue weighted by molar-refractivity contribution is -0.124. The van der Waals surface area contributed by atoms with Gasteiger partial charge in [0.1, 0.15) is 5.54 Å². The number of nitrogens with zero attached hydrogens (tertiary/aromatic N) is 2. The molecule has 3 N–H and O–H groups in total. The number of hydrogen-bond donors (Lipinski definition) is 2. The first-order valence-corrected chi connectivity index (χ1v) is 6.22. The lowest BCUT2D eigenvalue weighted by Crippen LogP contribution is -2.54. The molecule has 0 aliphatic carbocycles. The monoisotopic (exact) mass is 282 g/mol. The number of amides is 1. The predicted octanol–water partition coefficient (Wildman–Crippen LogP) is -0.0598. The SMILES string of the molecule is COc1cc(OC)nc(NC(=O)C2(N)CCOCC2)n1. The molecule has 1 amide bonds. The van der Waals surface area contributed by atoms with Crippen molar-refractivity contribution >= 4 is 11.9 Å². The molecule has 0 bridgehead atoms. The number of nitrogens with two attached hydrogens (primary N) is 1. The fourth-order valence-electron chi connectivity index (χ4n) is 1.86. The van der Waals surface area contributed by atoms with Crippen LogP contribution in [0.3, 0.4) is 0 Å². The van der Waals surface area contributed by atoms with E-state index in [2.05, 4.69) is 15.3 Å². The number of aromatic nitrogens is 2. The molecule has 0 saturated carbocycles. The van der Waals surface area contributed by atoms with Gasteiger partial charge in [-0.3, -0.25) is 10.1 Å². The van der Waals surface area contributed by atoms with Gasteiger partial charge in [0.25, 0.3) is 0 Å². The first-order chi connectivity index (χ1) is 9.57. The third kappa shape index (κ3) is 3.14. The minimum absolute atomic E-state index is 0.0996. The average Bonchev–Trinajstić information content (AvgIpc) is 2.47. The highest BCUT2D eigenvalue weighted by atomic mass is 16.5. The van der Waals surface area contributed by atoms with Crippen LogP contribution in [0.15, 0.2) is 6.07 Å². The Hall–Kier alpha value is -1.93. The van der Waals surface area contributed by atoms with E-state index in [4.69, 9.17) is 19.9 Å². The maximum Gasteiger partial charge on any atom is 0.246 e. The molecule has 2 heterocycles. The second-order valence-electron chi connectivity index (χ2n) is 4.50. The first-order valence-electron chi connectivity index (χ1n) is 6.22. The van der Waals surface area contributed by atoms with Gasteiger partial charge in [0.2, 0.25) is 23.6 Å². The Morgan fingerprint density at radius 2 is 1.85 bits per heavy atom. The van der Waals surface area contributed by atoms with E-state index in [-0.39, 0.29) is 11.9 Å². The van der Waals surface area contributed by atoms with Crippen molar-refractivity contribution in [1.82, 2.24) is 9.97 Å². The summed E-state index contributed by atoms with van der Waals surface area (Å²) in [5.74, 6) is 0.356. The second-order valence-corrected chi connectivity index (χ2v) is 4.50. The fraction of sp³-hybridized carbons (Fsp3) is 0.583. The molecular weight excluding hydrogens is 264 g/mol. The van der Waals surface area contributed by atoms with Crippen LogP contribution in [0.1, 0.15) is 12.8 Å². The summed E-state index contributed by atoms with van der Waals surface area (Å²) in [6.45, 7) is 0.929. The molecule has 1 aromatic heterocycles. The highest BCUT2D eigenvalue weighted by Gasteiger charge is 2.36. The van der Waals surface area contributed by atoms with Crippen molar-refractivity contribution in [3.63, 3.8) is 0 Å². The average molecular weight is 282 g/mol. The smallest absolute Gasteiger partial charge is 0.246 e. The molecule has 0 aromatic carbocycles. The Morgan fingerprint density at radius 3 is 2.35 bits per heavy atom. The summed E-state index contributed by atoms with van der Waals surface area (Å²) >= 11 is 0. The highest BCUT2D eigenvalue weighted by Crippen LogP contribution is 2.21. The normalized spacial score (nSPS) is 17.4. The van der Waals surface area contributed by atoms with E-state index in [1.54, 1.807) is 0 Å². The standard InChI is InChI=1S/C12H18N4O4/c1-18-8-7-9(19-2)15-11(14-8)16-10(17)12(13)3-5-20-6-4-12/h7H,3-6,13H2,1-2H3,(H,14,15,16,17). The van der Waals surface area contributed by atoms with Gasteiger partial charge in [0.15, 0.2) is 0 Å². The van der Waals surface area contributed by atoms with Gasteiger partial charge in [-0.25, -0.2) is 0 Å². The largest absolute Gasteiger partial charge is 0.481 e. The number of carbonyl (C=O) groups is 1. The molecular formula is C12H18N4O4. The summed E-state index contributed by atoms with van der Waals surface area (Å²) in [4.78, 5) is 20.3. The van der Waals surface area contributed by atoms with Crippen LogP contribution in [-0.2, 0) is 9.53 Å². The van der Waals surface area contributed by atoms with Crippen molar-refractivity contribution in [2.75, 3.05) is 32.8 Å². The molecule has 8 heteroatoms. The van der Waals surface area contributed by atoms with Crippen molar-refractivity contribution in [3.05, 3.63) is 6.07 Å². The van der Waals surface area contributed by atoms with Gasteiger partial charge in [-0.15, -0.1) is 0 Å². The van der Waals surface area contributed by atoms with Gasteiger partial charge >= 0.3 is 0 Å². The van der Waals surface area contributed by atoms with Crippen LogP contribution < -0.4 is 20.5 Å². The Balaban J connectivity index is 2.14. The summed E-state index contributed by atoms with van der Waals surface area (Å²) in [5.41, 5.74) is 5.12. The van der Waals surface area contributed by atoms with E-state index in [0.29, 0.717) is 37.8 Å². The van der Waals surface area contributed by atoms with Gasteiger partial charge in [-0.1, -0.05) is 0 Å². The fourth-order valence-corrected chi connectivity index (χ4v) is 1.86. The lowest BCUT2D eigenvalue weighted by Gasteiger charge is -2.31. The van der Waals surface area contributed by atoms with Crippen molar-refractivity contribution in [2.24, 2.45) is 5.73 Å². The van der Waals surface area contributed by atoms with Crippen molar-refractivity contribution in [2.45, 2.75) is 18.4 Å². The zero-order chi connectivity index (χ0) is 14.6. The van der Waals surface area contributed by atoms with Gasteiger partial charge < -0.3 is 19.9 Å². The molecule has 0 atom stereocenters. The summed E-state index contributed by atoms with van der Waals surface area (Å²) in [6, 6.07) is 1.52. The molecule has 20 heavy (non-hydrogen) atoms. The third-order valence-corrected chi connectivity index (χ3v) is 3.16. The number of anilines is 1. The Bertz CT molecular complexity index is 466. The molecule has 1 fully saturated rings. The van der Waals surface area contributed by atoms with Crippen LogP contribution in [0, 0.1) is 0 Å². The van der Waals surface area contributed by atoms with E-state index in [1.165, 1.54) is 20.3 Å². The maximum atomic E-state index is 12.2. The van der Waals surface area contributed by atoms with Crippen molar-refractivity contribution in [3.8, 4) is 11.8 Å². The van der Waals surface area contributed by atoms with E-state index in [0.717, 1.165) is 0 Å². The molecule has 0 spiro atoms. The Labute approximate surface area is 116 Å². The van der Waals surface area contributed by atoms with Crippen LogP contribution in [0.4, 0.5) is 5.95 Å². The van der Waals surface area contributed by atoms with Crippen LogP contribution in [0.25, 0.3) is 0 Å². The number of ether oxygens (including phenoxy) is 3. The summed E-state index contributed by atoms with van der Waals surface area (Å²) in [5, 5.41) is 2.60. The van der Waals surface area contributed by atoms with Crippen LogP contribution in [0.5, 0.6) is 11.8 Å². The lowest BCUT2D eigenvalue weighted by atomic mass is 9.90. The Morgan fingerprint density at radius 1 is 1.30 bits per heavy atom. The summed E-state index contributed by atoms with van der Waals surface area (Å²) in [7, 11) is 2.94. The number of nitrogens with one attached hydrogen (secondary N) is 1. The van der Waals surface area contributed by atoms with Crippen molar-refractivity contribution < 1.29 is 19.0 Å². The number of carbonyl (C=O) groups excluding carboxylic acids is 1. The van der Waals surface area contributed by atoms with Gasteiger partial charge in [-0.05, 0) is 12.8 Å². The van der Waals surface area contributed by atoms with E-state index < -0.39 is 5.54 Å². The van der Waals surface area contributed by atoms with Gasteiger partial charge in [0, 0.05) is 13.2 Å².